The average molecular weight is 454 g/mol. The van der Waals surface area contributed by atoms with Crippen LogP contribution in [0.4, 0.5) is 0 Å². The van der Waals surface area contributed by atoms with Crippen LogP contribution in [0.5, 0.6) is 0 Å². The maximum absolute atomic E-state index is 12.4. The van der Waals surface area contributed by atoms with Gasteiger partial charge in [-0.3, -0.25) is 4.79 Å². The van der Waals surface area contributed by atoms with Crippen LogP contribution in [0.2, 0.25) is 0 Å². The molecule has 1 amide bonds. The van der Waals surface area contributed by atoms with Crippen LogP contribution >= 0.6 is 0 Å². The molecule has 0 aliphatic carbocycles. The van der Waals surface area contributed by atoms with Crippen molar-refractivity contribution in [2.45, 2.75) is 68.1 Å². The number of likely N-dealkylation sites (tertiary alicyclic amines) is 1. The Labute approximate surface area is 185 Å². The number of nitrogens with one attached hydrogen (secondary N) is 2. The molecular weight excluding hydrogens is 418 g/mol. The number of hydrogen-bond acceptors (Lipinski definition) is 6. The molecule has 3 atom stereocenters. The van der Waals surface area contributed by atoms with Gasteiger partial charge in [0.15, 0.2) is 0 Å². The van der Waals surface area contributed by atoms with Crippen LogP contribution in [0.15, 0.2) is 35.2 Å². The Balaban J connectivity index is 1.39. The van der Waals surface area contributed by atoms with Crippen molar-refractivity contribution in [3.05, 3.63) is 30.3 Å². The number of piperidine rings is 1. The number of carbonyl (C=O) groups is 1. The number of hydrogen-bond donors (Lipinski definition) is 3. The normalized spacial score (nSPS) is 25.3. The number of amides is 1. The van der Waals surface area contributed by atoms with E-state index in [2.05, 4.69) is 14.9 Å². The molecule has 31 heavy (non-hydrogen) atoms. The minimum Gasteiger partial charge on any atom is -0.394 e. The highest BCUT2D eigenvalue weighted by Crippen LogP contribution is 2.22. The second kappa shape index (κ2) is 11.9. The lowest BCUT2D eigenvalue weighted by atomic mass is 9.97. The first-order chi connectivity index (χ1) is 15.0. The summed E-state index contributed by atoms with van der Waals surface area (Å²) < 4.78 is 33.2. The van der Waals surface area contributed by atoms with Crippen molar-refractivity contribution >= 4 is 15.9 Å². The fourth-order valence-electron chi connectivity index (χ4n) is 4.27. The summed E-state index contributed by atoms with van der Waals surface area (Å²) in [6, 6.07) is 8.04. The fraction of sp³-hybridized carbons (Fsp3) is 0.682. The molecule has 0 aromatic heterocycles. The summed E-state index contributed by atoms with van der Waals surface area (Å²) in [5.74, 6) is -0.00769. The lowest BCUT2D eigenvalue weighted by molar-refractivity contribution is -0.128. The molecule has 1 aromatic rings. The Morgan fingerprint density at radius 3 is 2.58 bits per heavy atom. The molecule has 2 saturated heterocycles. The number of rotatable bonds is 10. The van der Waals surface area contributed by atoms with Crippen molar-refractivity contribution in [3.63, 3.8) is 0 Å². The zero-order chi connectivity index (χ0) is 22.1. The van der Waals surface area contributed by atoms with Gasteiger partial charge in [-0.2, -0.15) is 0 Å². The molecule has 0 saturated carbocycles. The summed E-state index contributed by atoms with van der Waals surface area (Å²) in [6.07, 6.45) is 5.44. The van der Waals surface area contributed by atoms with Crippen LogP contribution < -0.4 is 10.0 Å². The second-order valence-electron chi connectivity index (χ2n) is 8.38. The quantitative estimate of drug-likeness (QED) is 0.492. The van der Waals surface area contributed by atoms with Gasteiger partial charge < -0.3 is 20.1 Å². The van der Waals surface area contributed by atoms with Gasteiger partial charge in [0.25, 0.3) is 0 Å². The number of carbonyl (C=O) groups excluding carboxylic acids is 1. The minimum atomic E-state index is -3.54. The molecule has 0 bridgehead atoms. The predicted molar refractivity (Wildman–Crippen MR) is 118 cm³/mol. The summed E-state index contributed by atoms with van der Waals surface area (Å²) in [6.45, 7) is 2.98. The van der Waals surface area contributed by atoms with Gasteiger partial charge in [0.1, 0.15) is 6.10 Å². The van der Waals surface area contributed by atoms with Crippen molar-refractivity contribution in [2.75, 3.05) is 32.8 Å². The van der Waals surface area contributed by atoms with Crippen LogP contribution in [-0.2, 0) is 19.6 Å². The zero-order valence-electron chi connectivity index (χ0n) is 18.0. The molecule has 3 N–H and O–H groups in total. The van der Waals surface area contributed by atoms with E-state index in [0.29, 0.717) is 25.7 Å². The number of benzene rings is 1. The third-order valence-electron chi connectivity index (χ3n) is 6.06. The average Bonchev–Trinajstić information content (AvgIpc) is 2.80. The van der Waals surface area contributed by atoms with Crippen LogP contribution in [0.3, 0.4) is 0 Å². The number of nitrogens with zero attached hydrogens (tertiary/aromatic N) is 1. The van der Waals surface area contributed by atoms with E-state index in [4.69, 9.17) is 4.74 Å². The van der Waals surface area contributed by atoms with Crippen LogP contribution in [0.1, 0.15) is 44.9 Å². The lowest BCUT2D eigenvalue weighted by Gasteiger charge is -2.36. The largest absolute Gasteiger partial charge is 0.394 e. The van der Waals surface area contributed by atoms with Crippen molar-refractivity contribution in [2.24, 2.45) is 0 Å². The van der Waals surface area contributed by atoms with E-state index < -0.39 is 16.1 Å². The third-order valence-corrected chi connectivity index (χ3v) is 7.53. The number of ether oxygens (including phenoxy) is 1. The molecule has 2 fully saturated rings. The van der Waals surface area contributed by atoms with E-state index in [1.54, 1.807) is 30.3 Å². The SMILES string of the molecule is O=C(CCN1CCCCC1)N[C@H]1CC[C@H](CCNS(=O)(=O)c2ccccc2)O[C@@H]1CO. The molecule has 0 unspecified atom stereocenters. The minimum absolute atomic E-state index is 0.00769. The first-order valence-corrected chi connectivity index (χ1v) is 12.8. The van der Waals surface area contributed by atoms with Crippen LogP contribution in [0.25, 0.3) is 0 Å². The van der Waals surface area contributed by atoms with Crippen molar-refractivity contribution in [3.8, 4) is 0 Å². The standard InChI is InChI=1S/C22H35N3O5S/c26-17-21-20(24-22(27)12-16-25-14-5-2-6-15-25)10-9-18(30-21)11-13-23-31(28,29)19-7-3-1-4-8-19/h1,3-4,7-8,18,20-21,23,26H,2,5-6,9-17H2,(H,24,27)/t18-,20+,21-/m1/s1. The van der Waals surface area contributed by atoms with Gasteiger partial charge in [-0.25, -0.2) is 13.1 Å². The second-order valence-corrected chi connectivity index (χ2v) is 10.1. The van der Waals surface area contributed by atoms with Gasteiger partial charge in [0.05, 0.1) is 23.6 Å². The van der Waals surface area contributed by atoms with E-state index in [1.165, 1.54) is 19.3 Å². The molecule has 9 heteroatoms. The van der Waals surface area contributed by atoms with Gasteiger partial charge in [-0.1, -0.05) is 24.6 Å². The molecule has 1 aromatic carbocycles. The molecule has 174 valence electrons. The number of aliphatic hydroxyl groups excluding tert-OH is 1. The Kier molecular flexibility index (Phi) is 9.28. The number of aliphatic hydroxyl groups is 1. The monoisotopic (exact) mass is 453 g/mol. The van der Waals surface area contributed by atoms with Gasteiger partial charge >= 0.3 is 0 Å². The molecule has 2 heterocycles. The molecule has 0 spiro atoms. The Morgan fingerprint density at radius 2 is 1.87 bits per heavy atom. The van der Waals surface area contributed by atoms with Gasteiger partial charge in [-0.05, 0) is 57.3 Å². The van der Waals surface area contributed by atoms with Crippen molar-refractivity contribution in [1.82, 2.24) is 14.9 Å². The highest BCUT2D eigenvalue weighted by molar-refractivity contribution is 7.89. The highest BCUT2D eigenvalue weighted by atomic mass is 32.2. The smallest absolute Gasteiger partial charge is 0.240 e. The molecule has 2 aliphatic heterocycles. The van der Waals surface area contributed by atoms with Gasteiger partial charge in [-0.15, -0.1) is 0 Å². The fourth-order valence-corrected chi connectivity index (χ4v) is 5.34. The van der Waals surface area contributed by atoms with E-state index in [9.17, 15) is 18.3 Å². The van der Waals surface area contributed by atoms with Gasteiger partial charge in [0.2, 0.25) is 15.9 Å². The predicted octanol–water partition coefficient (Wildman–Crippen LogP) is 1.26. The maximum atomic E-state index is 12.4. The summed E-state index contributed by atoms with van der Waals surface area (Å²) in [7, 11) is -3.54. The summed E-state index contributed by atoms with van der Waals surface area (Å²) in [5, 5.41) is 12.8. The topological polar surface area (TPSA) is 108 Å². The third kappa shape index (κ3) is 7.54. The molecular formula is C22H35N3O5S. The zero-order valence-corrected chi connectivity index (χ0v) is 18.9. The van der Waals surface area contributed by atoms with E-state index >= 15 is 0 Å². The maximum Gasteiger partial charge on any atom is 0.240 e. The van der Waals surface area contributed by atoms with E-state index in [-0.39, 0.29) is 36.1 Å². The van der Waals surface area contributed by atoms with Crippen molar-refractivity contribution in [1.29, 1.82) is 0 Å². The summed E-state index contributed by atoms with van der Waals surface area (Å²) >= 11 is 0. The van der Waals surface area contributed by atoms with Gasteiger partial charge in [0, 0.05) is 19.5 Å². The first kappa shape index (κ1) is 24.1. The first-order valence-electron chi connectivity index (χ1n) is 11.3. The number of sulfonamides is 1. The Hall–Kier alpha value is -1.52. The highest BCUT2D eigenvalue weighted by Gasteiger charge is 2.32. The van der Waals surface area contributed by atoms with Crippen molar-refractivity contribution < 1.29 is 23.1 Å². The lowest BCUT2D eigenvalue weighted by Crippen LogP contribution is -2.51. The Bertz CT molecular complexity index is 784. The molecule has 0 radical (unpaired) electrons. The molecule has 2 aliphatic rings. The van der Waals surface area contributed by atoms with Crippen LogP contribution in [-0.4, -0.2) is 75.4 Å². The molecule has 8 nitrogen and oxygen atoms in total. The van der Waals surface area contributed by atoms with E-state index in [0.717, 1.165) is 19.6 Å². The van der Waals surface area contributed by atoms with E-state index in [1.807, 2.05) is 0 Å². The summed E-state index contributed by atoms with van der Waals surface area (Å²) in [4.78, 5) is 14.9. The van der Waals surface area contributed by atoms with Crippen LogP contribution in [0, 0.1) is 0 Å². The molecule has 3 rings (SSSR count). The Morgan fingerprint density at radius 1 is 1.13 bits per heavy atom. The summed E-state index contributed by atoms with van der Waals surface area (Å²) in [5.41, 5.74) is 0.